The average molecular weight is 282 g/mol. The largest absolute Gasteiger partial charge is 0.411 e. The lowest BCUT2D eigenvalue weighted by molar-refractivity contribution is -0.173. The first-order chi connectivity index (χ1) is 8.38. The number of nitrogens with one attached hydrogen (secondary N) is 1. The minimum Gasteiger partial charge on any atom is -0.371 e. The van der Waals surface area contributed by atoms with Crippen molar-refractivity contribution in [3.63, 3.8) is 0 Å². The van der Waals surface area contributed by atoms with Crippen LogP contribution in [0.4, 0.5) is 13.2 Å². The highest BCUT2D eigenvalue weighted by Gasteiger charge is 2.27. The molecule has 0 fully saturated rings. The van der Waals surface area contributed by atoms with Gasteiger partial charge in [-0.3, -0.25) is 0 Å². The second-order valence-corrected chi connectivity index (χ2v) is 4.34. The van der Waals surface area contributed by atoms with E-state index in [0.717, 1.165) is 5.56 Å². The summed E-state index contributed by atoms with van der Waals surface area (Å²) in [7, 11) is 0. The van der Waals surface area contributed by atoms with Crippen molar-refractivity contribution in [1.82, 2.24) is 5.32 Å². The highest BCUT2D eigenvalue weighted by atomic mass is 35.5. The second-order valence-electron chi connectivity index (χ2n) is 3.90. The standard InChI is InChI=1S/C12H15ClF3NO/c1-9(10-3-2-4-11(13)7-10)17-5-6-18-8-12(14,15)16/h2-4,7,9,17H,5-6,8H2,1H3/t9-/m0/s1. The predicted molar refractivity (Wildman–Crippen MR) is 64.7 cm³/mol. The van der Waals surface area contributed by atoms with Crippen molar-refractivity contribution >= 4 is 11.6 Å². The van der Waals surface area contributed by atoms with Gasteiger partial charge in [0.05, 0.1) is 6.61 Å². The summed E-state index contributed by atoms with van der Waals surface area (Å²) in [5, 5.41) is 3.70. The Balaban J connectivity index is 2.23. The van der Waals surface area contributed by atoms with Gasteiger partial charge in [0, 0.05) is 17.6 Å². The van der Waals surface area contributed by atoms with Gasteiger partial charge in [0.15, 0.2) is 0 Å². The summed E-state index contributed by atoms with van der Waals surface area (Å²) in [5.74, 6) is 0. The van der Waals surface area contributed by atoms with E-state index in [1.165, 1.54) is 0 Å². The van der Waals surface area contributed by atoms with E-state index in [1.807, 2.05) is 25.1 Å². The fraction of sp³-hybridized carbons (Fsp3) is 0.500. The first kappa shape index (κ1) is 15.3. The fourth-order valence-electron chi connectivity index (χ4n) is 1.43. The van der Waals surface area contributed by atoms with Crippen LogP contribution in [0, 0.1) is 0 Å². The number of rotatable bonds is 6. The second kappa shape index (κ2) is 6.97. The van der Waals surface area contributed by atoms with Crippen LogP contribution in [0.2, 0.25) is 5.02 Å². The van der Waals surface area contributed by atoms with Gasteiger partial charge in [-0.2, -0.15) is 13.2 Å². The molecule has 0 radical (unpaired) electrons. The molecule has 102 valence electrons. The number of hydrogen-bond acceptors (Lipinski definition) is 2. The summed E-state index contributed by atoms with van der Waals surface area (Å²) in [6.07, 6.45) is -4.27. The molecule has 2 nitrogen and oxygen atoms in total. The maximum Gasteiger partial charge on any atom is 0.411 e. The molecule has 0 saturated carbocycles. The van der Waals surface area contributed by atoms with Gasteiger partial charge in [-0.1, -0.05) is 23.7 Å². The summed E-state index contributed by atoms with van der Waals surface area (Å²) in [6, 6.07) is 7.33. The first-order valence-corrected chi connectivity index (χ1v) is 5.89. The van der Waals surface area contributed by atoms with Crippen molar-refractivity contribution in [3.05, 3.63) is 34.9 Å². The molecule has 0 spiro atoms. The number of ether oxygens (including phenoxy) is 1. The summed E-state index contributed by atoms with van der Waals surface area (Å²) in [6.45, 7) is 1.07. The Labute approximate surface area is 109 Å². The van der Waals surface area contributed by atoms with Gasteiger partial charge in [-0.05, 0) is 24.6 Å². The Morgan fingerprint density at radius 3 is 2.72 bits per heavy atom. The minimum absolute atomic E-state index is 0.0122. The summed E-state index contributed by atoms with van der Waals surface area (Å²) in [5.41, 5.74) is 0.985. The van der Waals surface area contributed by atoms with Crippen molar-refractivity contribution in [2.75, 3.05) is 19.8 Å². The molecule has 18 heavy (non-hydrogen) atoms. The van der Waals surface area contributed by atoms with Gasteiger partial charge in [0.1, 0.15) is 6.61 Å². The van der Waals surface area contributed by atoms with Crippen LogP contribution in [-0.4, -0.2) is 25.9 Å². The van der Waals surface area contributed by atoms with Crippen molar-refractivity contribution in [2.45, 2.75) is 19.1 Å². The van der Waals surface area contributed by atoms with Crippen LogP contribution in [0.3, 0.4) is 0 Å². The maximum absolute atomic E-state index is 11.8. The molecule has 1 N–H and O–H groups in total. The van der Waals surface area contributed by atoms with E-state index in [9.17, 15) is 13.2 Å². The van der Waals surface area contributed by atoms with Crippen LogP contribution in [0.15, 0.2) is 24.3 Å². The van der Waals surface area contributed by atoms with Crippen molar-refractivity contribution < 1.29 is 17.9 Å². The monoisotopic (exact) mass is 281 g/mol. The Morgan fingerprint density at radius 1 is 1.39 bits per heavy atom. The van der Waals surface area contributed by atoms with Crippen LogP contribution in [0.5, 0.6) is 0 Å². The molecule has 1 atom stereocenters. The van der Waals surface area contributed by atoms with Crippen LogP contribution >= 0.6 is 11.6 Å². The third-order valence-corrected chi connectivity index (χ3v) is 2.55. The highest BCUT2D eigenvalue weighted by molar-refractivity contribution is 6.30. The lowest BCUT2D eigenvalue weighted by Gasteiger charge is -2.15. The molecule has 0 bridgehead atoms. The van der Waals surface area contributed by atoms with Crippen molar-refractivity contribution in [3.8, 4) is 0 Å². The molecule has 1 rings (SSSR count). The molecule has 0 heterocycles. The third-order valence-electron chi connectivity index (χ3n) is 2.31. The Hall–Kier alpha value is -0.780. The number of halogens is 4. The lowest BCUT2D eigenvalue weighted by atomic mass is 10.1. The molecule has 0 unspecified atom stereocenters. The molecule has 0 aliphatic carbocycles. The highest BCUT2D eigenvalue weighted by Crippen LogP contribution is 2.17. The Morgan fingerprint density at radius 2 is 2.11 bits per heavy atom. The average Bonchev–Trinajstić information content (AvgIpc) is 2.26. The zero-order chi connectivity index (χ0) is 13.6. The van der Waals surface area contributed by atoms with E-state index in [2.05, 4.69) is 10.1 Å². The molecule has 0 aliphatic heterocycles. The summed E-state index contributed by atoms with van der Waals surface area (Å²) >= 11 is 5.85. The minimum atomic E-state index is -4.27. The van der Waals surface area contributed by atoms with Crippen LogP contribution in [-0.2, 0) is 4.74 Å². The van der Waals surface area contributed by atoms with E-state index >= 15 is 0 Å². The third kappa shape index (κ3) is 6.23. The van der Waals surface area contributed by atoms with Gasteiger partial charge < -0.3 is 10.1 Å². The molecule has 0 aliphatic rings. The van der Waals surface area contributed by atoms with Crippen molar-refractivity contribution in [2.24, 2.45) is 0 Å². The zero-order valence-corrected chi connectivity index (χ0v) is 10.7. The molecule has 6 heteroatoms. The van der Waals surface area contributed by atoms with Gasteiger partial charge in [0.2, 0.25) is 0 Å². The smallest absolute Gasteiger partial charge is 0.371 e. The maximum atomic E-state index is 11.8. The van der Waals surface area contributed by atoms with Gasteiger partial charge >= 0.3 is 6.18 Å². The zero-order valence-electron chi connectivity index (χ0n) is 9.93. The predicted octanol–water partition coefficient (Wildman–Crippen LogP) is 3.57. The molecular weight excluding hydrogens is 267 g/mol. The van der Waals surface area contributed by atoms with E-state index in [-0.39, 0.29) is 12.6 Å². The Bertz CT molecular complexity index is 371. The molecule has 0 saturated heterocycles. The van der Waals surface area contributed by atoms with Gasteiger partial charge in [-0.15, -0.1) is 0 Å². The van der Waals surface area contributed by atoms with Crippen LogP contribution < -0.4 is 5.32 Å². The topological polar surface area (TPSA) is 21.3 Å². The summed E-state index contributed by atoms with van der Waals surface area (Å²) < 4.78 is 39.9. The normalized spacial score (nSPS) is 13.6. The SMILES string of the molecule is C[C@H](NCCOCC(F)(F)F)c1cccc(Cl)c1. The van der Waals surface area contributed by atoms with Crippen LogP contribution in [0.25, 0.3) is 0 Å². The molecule has 0 aromatic heterocycles. The first-order valence-electron chi connectivity index (χ1n) is 5.52. The van der Waals surface area contributed by atoms with Gasteiger partial charge in [0.25, 0.3) is 0 Å². The van der Waals surface area contributed by atoms with Gasteiger partial charge in [-0.25, -0.2) is 0 Å². The van der Waals surface area contributed by atoms with Crippen LogP contribution in [0.1, 0.15) is 18.5 Å². The van der Waals surface area contributed by atoms with E-state index in [0.29, 0.717) is 11.6 Å². The van der Waals surface area contributed by atoms with Crippen molar-refractivity contribution in [1.29, 1.82) is 0 Å². The molecule has 0 amide bonds. The van der Waals surface area contributed by atoms with E-state index in [1.54, 1.807) is 6.07 Å². The number of benzene rings is 1. The molecule has 1 aromatic carbocycles. The fourth-order valence-corrected chi connectivity index (χ4v) is 1.63. The molecular formula is C12H15ClF3NO. The summed E-state index contributed by atoms with van der Waals surface area (Å²) in [4.78, 5) is 0. The molecule has 1 aromatic rings. The Kier molecular flexibility index (Phi) is 5.91. The van der Waals surface area contributed by atoms with E-state index in [4.69, 9.17) is 11.6 Å². The van der Waals surface area contributed by atoms with E-state index < -0.39 is 12.8 Å². The quantitative estimate of drug-likeness (QED) is 0.805. The lowest BCUT2D eigenvalue weighted by Crippen LogP contribution is -2.25. The number of hydrogen-bond donors (Lipinski definition) is 1. The number of alkyl halides is 3.